The SMILES string of the molecule is CCSc1nc2n(n1)C(c1cccc(O)c1)C1=C(CC(C)CC1=O)N2. The summed E-state index contributed by atoms with van der Waals surface area (Å²) in [4.78, 5) is 17.4. The number of phenolic OH excluding ortho intramolecular Hbond substituents is 1. The van der Waals surface area contributed by atoms with Gasteiger partial charge >= 0.3 is 0 Å². The first kappa shape index (κ1) is 16.2. The van der Waals surface area contributed by atoms with Gasteiger partial charge in [-0.2, -0.15) is 4.98 Å². The summed E-state index contributed by atoms with van der Waals surface area (Å²) in [7, 11) is 0. The second-order valence-corrected chi connectivity index (χ2v) is 7.78. The third-order valence-electron chi connectivity index (χ3n) is 4.56. The third-order valence-corrected chi connectivity index (χ3v) is 5.28. The number of phenols is 1. The highest BCUT2D eigenvalue weighted by molar-refractivity contribution is 7.99. The lowest BCUT2D eigenvalue weighted by atomic mass is 9.81. The van der Waals surface area contributed by atoms with Gasteiger partial charge in [-0.3, -0.25) is 4.79 Å². The van der Waals surface area contributed by atoms with Crippen molar-refractivity contribution in [3.63, 3.8) is 0 Å². The molecule has 4 rings (SSSR count). The summed E-state index contributed by atoms with van der Waals surface area (Å²) in [6, 6.07) is 6.69. The first-order valence-corrected chi connectivity index (χ1v) is 9.47. The summed E-state index contributed by atoms with van der Waals surface area (Å²) in [6.07, 6.45) is 1.36. The summed E-state index contributed by atoms with van der Waals surface area (Å²) in [6.45, 7) is 4.14. The first-order chi connectivity index (χ1) is 12.1. The van der Waals surface area contributed by atoms with Crippen LogP contribution in [0.25, 0.3) is 0 Å². The van der Waals surface area contributed by atoms with Gasteiger partial charge in [0, 0.05) is 17.7 Å². The number of aromatic nitrogens is 3. The van der Waals surface area contributed by atoms with Crippen molar-refractivity contribution in [2.75, 3.05) is 11.1 Å². The molecule has 2 N–H and O–H groups in total. The Morgan fingerprint density at radius 3 is 3.00 bits per heavy atom. The van der Waals surface area contributed by atoms with Gasteiger partial charge in [0.15, 0.2) is 5.78 Å². The molecule has 1 aromatic heterocycles. The molecule has 2 heterocycles. The van der Waals surface area contributed by atoms with E-state index in [0.29, 0.717) is 23.4 Å². The number of hydrogen-bond donors (Lipinski definition) is 2. The topological polar surface area (TPSA) is 80.0 Å². The highest BCUT2D eigenvalue weighted by Crippen LogP contribution is 2.42. The summed E-state index contributed by atoms with van der Waals surface area (Å²) in [5.41, 5.74) is 2.52. The maximum Gasteiger partial charge on any atom is 0.227 e. The predicted molar refractivity (Wildman–Crippen MR) is 96.7 cm³/mol. The molecule has 2 atom stereocenters. The van der Waals surface area contributed by atoms with E-state index >= 15 is 0 Å². The van der Waals surface area contributed by atoms with Crippen molar-refractivity contribution in [3.8, 4) is 5.75 Å². The smallest absolute Gasteiger partial charge is 0.227 e. The predicted octanol–water partition coefficient (Wildman–Crippen LogP) is 3.36. The average Bonchev–Trinajstić information content (AvgIpc) is 2.95. The molecule has 0 spiro atoms. The number of aromatic hydroxyl groups is 1. The lowest BCUT2D eigenvalue weighted by Crippen LogP contribution is -2.33. The molecule has 7 heteroatoms. The standard InChI is InChI=1S/C18H20N4O2S/c1-3-25-18-20-17-19-13-7-10(2)8-14(24)15(13)16(22(17)21-18)11-5-4-6-12(23)9-11/h4-6,9-10,16,23H,3,7-8H2,1-2H3,(H,19,20,21). The van der Waals surface area contributed by atoms with Crippen LogP contribution in [0.5, 0.6) is 5.75 Å². The molecule has 0 radical (unpaired) electrons. The summed E-state index contributed by atoms with van der Waals surface area (Å²) in [5.74, 6) is 2.16. The number of allylic oxidation sites excluding steroid dienone is 2. The molecule has 1 aromatic carbocycles. The van der Waals surface area contributed by atoms with Crippen LogP contribution in [-0.4, -0.2) is 31.4 Å². The molecular weight excluding hydrogens is 336 g/mol. The molecule has 1 aliphatic heterocycles. The van der Waals surface area contributed by atoms with Crippen molar-refractivity contribution in [2.45, 2.75) is 37.9 Å². The van der Waals surface area contributed by atoms with E-state index in [1.165, 1.54) is 0 Å². The number of carbonyl (C=O) groups excluding carboxylic acids is 1. The Hall–Kier alpha value is -2.28. The van der Waals surface area contributed by atoms with Crippen LogP contribution in [0.4, 0.5) is 5.95 Å². The van der Waals surface area contributed by atoms with Crippen LogP contribution in [0.15, 0.2) is 40.7 Å². The van der Waals surface area contributed by atoms with E-state index in [9.17, 15) is 9.90 Å². The number of hydrogen-bond acceptors (Lipinski definition) is 6. The van der Waals surface area contributed by atoms with Gasteiger partial charge in [0.05, 0.1) is 0 Å². The zero-order valence-electron chi connectivity index (χ0n) is 14.2. The second-order valence-electron chi connectivity index (χ2n) is 6.55. The minimum atomic E-state index is -0.350. The van der Waals surface area contributed by atoms with Gasteiger partial charge in [-0.05, 0) is 35.8 Å². The fourth-order valence-corrected chi connectivity index (χ4v) is 4.14. The molecule has 6 nitrogen and oxygen atoms in total. The molecule has 0 amide bonds. The van der Waals surface area contributed by atoms with Gasteiger partial charge in [0.1, 0.15) is 11.8 Å². The number of thioether (sulfide) groups is 1. The number of benzene rings is 1. The van der Waals surface area contributed by atoms with Crippen LogP contribution in [0.1, 0.15) is 38.3 Å². The van der Waals surface area contributed by atoms with Gasteiger partial charge in [0.2, 0.25) is 11.1 Å². The lowest BCUT2D eigenvalue weighted by Gasteiger charge is -2.34. The number of nitrogens with zero attached hydrogens (tertiary/aromatic N) is 3. The molecular formula is C18H20N4O2S. The number of Topliss-reactive ketones (excluding diaryl/α,β-unsaturated/α-hetero) is 1. The fourth-order valence-electron chi connectivity index (χ4n) is 3.58. The van der Waals surface area contributed by atoms with Crippen LogP contribution in [0.2, 0.25) is 0 Å². The molecule has 25 heavy (non-hydrogen) atoms. The van der Waals surface area contributed by atoms with Crippen molar-refractivity contribution in [1.29, 1.82) is 0 Å². The molecule has 0 bridgehead atoms. The van der Waals surface area contributed by atoms with Crippen LogP contribution in [-0.2, 0) is 4.79 Å². The number of nitrogens with one attached hydrogen (secondary N) is 1. The first-order valence-electron chi connectivity index (χ1n) is 8.48. The number of ketones is 1. The highest BCUT2D eigenvalue weighted by Gasteiger charge is 2.38. The Kier molecular flexibility index (Phi) is 4.03. The van der Waals surface area contributed by atoms with Crippen molar-refractivity contribution in [2.24, 2.45) is 5.92 Å². The molecule has 130 valence electrons. The van der Waals surface area contributed by atoms with E-state index in [0.717, 1.165) is 29.0 Å². The van der Waals surface area contributed by atoms with E-state index in [1.807, 2.05) is 6.07 Å². The van der Waals surface area contributed by atoms with Gasteiger partial charge in [-0.15, -0.1) is 5.10 Å². The summed E-state index contributed by atoms with van der Waals surface area (Å²) in [5, 5.41) is 18.5. The van der Waals surface area contributed by atoms with E-state index in [1.54, 1.807) is 34.6 Å². The zero-order chi connectivity index (χ0) is 17.6. The summed E-state index contributed by atoms with van der Waals surface area (Å²) >= 11 is 1.57. The van der Waals surface area contributed by atoms with E-state index in [2.05, 4.69) is 29.2 Å². The van der Waals surface area contributed by atoms with E-state index in [-0.39, 0.29) is 17.6 Å². The van der Waals surface area contributed by atoms with Crippen LogP contribution in [0.3, 0.4) is 0 Å². The normalized spacial score (nSPS) is 22.4. The van der Waals surface area contributed by atoms with Crippen LogP contribution < -0.4 is 5.32 Å². The number of rotatable bonds is 3. The molecule has 2 aliphatic rings. The minimum absolute atomic E-state index is 0.139. The quantitative estimate of drug-likeness (QED) is 0.821. The van der Waals surface area contributed by atoms with Gasteiger partial charge in [-0.25, -0.2) is 4.68 Å². The average molecular weight is 356 g/mol. The molecule has 0 saturated heterocycles. The monoisotopic (exact) mass is 356 g/mol. The third kappa shape index (κ3) is 2.82. The van der Waals surface area contributed by atoms with Gasteiger partial charge in [-0.1, -0.05) is 37.7 Å². The second kappa shape index (κ2) is 6.22. The van der Waals surface area contributed by atoms with Gasteiger partial charge < -0.3 is 10.4 Å². The molecule has 0 fully saturated rings. The number of anilines is 1. The summed E-state index contributed by atoms with van der Waals surface area (Å²) < 4.78 is 1.78. The fraction of sp³-hybridized carbons (Fsp3) is 0.389. The Bertz CT molecular complexity index is 874. The minimum Gasteiger partial charge on any atom is -0.508 e. The number of fused-ring (bicyclic) bond motifs is 1. The van der Waals surface area contributed by atoms with Crippen molar-refractivity contribution < 1.29 is 9.90 Å². The largest absolute Gasteiger partial charge is 0.508 e. The van der Waals surface area contributed by atoms with E-state index < -0.39 is 0 Å². The van der Waals surface area contributed by atoms with Gasteiger partial charge in [0.25, 0.3) is 0 Å². The molecule has 1 aliphatic carbocycles. The number of carbonyl (C=O) groups is 1. The highest BCUT2D eigenvalue weighted by atomic mass is 32.2. The Morgan fingerprint density at radius 1 is 1.40 bits per heavy atom. The maximum atomic E-state index is 12.8. The Morgan fingerprint density at radius 2 is 2.24 bits per heavy atom. The maximum absolute atomic E-state index is 12.8. The van der Waals surface area contributed by atoms with Crippen molar-refractivity contribution >= 4 is 23.5 Å². The lowest BCUT2D eigenvalue weighted by molar-refractivity contribution is -0.117. The van der Waals surface area contributed by atoms with Crippen molar-refractivity contribution in [3.05, 3.63) is 41.1 Å². The Balaban J connectivity index is 1.88. The van der Waals surface area contributed by atoms with Crippen LogP contribution >= 0.6 is 11.8 Å². The molecule has 2 aromatic rings. The van der Waals surface area contributed by atoms with Crippen LogP contribution in [0, 0.1) is 5.92 Å². The van der Waals surface area contributed by atoms with E-state index in [4.69, 9.17) is 0 Å². The van der Waals surface area contributed by atoms with Crippen molar-refractivity contribution in [1.82, 2.24) is 14.8 Å². The Labute approximate surface area is 150 Å². The molecule has 2 unspecified atom stereocenters. The molecule has 0 saturated carbocycles. The zero-order valence-corrected chi connectivity index (χ0v) is 15.0.